The van der Waals surface area contributed by atoms with Gasteiger partial charge in [0.15, 0.2) is 0 Å². The van der Waals surface area contributed by atoms with Gasteiger partial charge in [-0.15, -0.1) is 0 Å². The smallest absolute Gasteiger partial charge is 0.0771 e. The van der Waals surface area contributed by atoms with Crippen molar-refractivity contribution >= 4 is 16.1 Å². The molecule has 0 nitrogen and oxygen atoms in total. The van der Waals surface area contributed by atoms with Crippen LogP contribution in [0.25, 0.3) is 0 Å². The summed E-state index contributed by atoms with van der Waals surface area (Å²) in [6.45, 7) is 12.6. The second-order valence-electron chi connectivity index (χ2n) is 9.05. The zero-order chi connectivity index (χ0) is 16.0. The Kier molecular flexibility index (Phi) is 4.28. The maximum absolute atomic E-state index is 2.67. The monoisotopic (exact) mass is 328 g/mol. The van der Waals surface area contributed by atoms with Crippen molar-refractivity contribution in [2.24, 2.45) is 0 Å². The first kappa shape index (κ1) is 16.3. The highest BCUT2D eigenvalue weighted by Crippen LogP contribution is 2.47. The van der Waals surface area contributed by atoms with Gasteiger partial charge in [-0.2, -0.15) is 0 Å². The summed E-state index contributed by atoms with van der Waals surface area (Å²) in [4.78, 5) is 0. The number of allylic oxidation sites excluding steroid dienone is 8. The second kappa shape index (κ2) is 5.79. The van der Waals surface area contributed by atoms with Gasteiger partial charge in [0.1, 0.15) is 0 Å². The minimum absolute atomic E-state index is 0.732. The molecule has 0 radical (unpaired) electrons. The van der Waals surface area contributed by atoms with Gasteiger partial charge in [0.05, 0.1) is 16.1 Å². The first-order chi connectivity index (χ1) is 10.3. The van der Waals surface area contributed by atoms with E-state index in [4.69, 9.17) is 0 Å². The summed E-state index contributed by atoms with van der Waals surface area (Å²) in [5.41, 5.74) is 4.90. The van der Waals surface area contributed by atoms with E-state index >= 15 is 0 Å². The highest BCUT2D eigenvalue weighted by Gasteiger charge is 2.39. The van der Waals surface area contributed by atoms with Gasteiger partial charge in [-0.1, -0.05) is 74.7 Å². The molecular weight excluding hydrogens is 296 g/mol. The van der Waals surface area contributed by atoms with E-state index < -0.39 is 16.1 Å². The van der Waals surface area contributed by atoms with Crippen LogP contribution in [0.1, 0.15) is 32.1 Å². The van der Waals surface area contributed by atoms with Crippen molar-refractivity contribution < 1.29 is 0 Å². The molecule has 0 bridgehead atoms. The van der Waals surface area contributed by atoms with Crippen molar-refractivity contribution in [1.82, 2.24) is 0 Å². The molecule has 1 unspecified atom stereocenters. The highest BCUT2D eigenvalue weighted by molar-refractivity contribution is 6.85. The average molecular weight is 329 g/mol. The van der Waals surface area contributed by atoms with Gasteiger partial charge >= 0.3 is 0 Å². The molecule has 3 rings (SSSR count). The van der Waals surface area contributed by atoms with Gasteiger partial charge in [-0.05, 0) is 47.9 Å². The van der Waals surface area contributed by atoms with Crippen LogP contribution in [0.5, 0.6) is 0 Å². The standard InChI is InChI=1S/C20H32Si2/c1-21(2,3)18-11-12-19(15-18)22(4,5)20-13-16-9-7-6-8-10-17(16)14-20/h11-15,19-20H,6-10H2,1-5H3. The minimum Gasteiger partial charge on any atom is -0.0811 e. The van der Waals surface area contributed by atoms with Gasteiger partial charge in [0.25, 0.3) is 0 Å². The van der Waals surface area contributed by atoms with Crippen LogP contribution in [0, 0.1) is 0 Å². The summed E-state index contributed by atoms with van der Waals surface area (Å²) in [6.07, 6.45) is 19.9. The molecule has 2 heteroatoms. The predicted octanol–water partition coefficient (Wildman–Crippen LogP) is 6.64. The summed E-state index contributed by atoms with van der Waals surface area (Å²) < 4.78 is 0. The molecule has 0 aliphatic heterocycles. The Labute approximate surface area is 139 Å². The fraction of sp³-hybridized carbons (Fsp3) is 0.600. The van der Waals surface area contributed by atoms with Crippen molar-refractivity contribution in [3.05, 3.63) is 46.7 Å². The van der Waals surface area contributed by atoms with Gasteiger partial charge in [-0.25, -0.2) is 0 Å². The summed E-state index contributed by atoms with van der Waals surface area (Å²) in [5.74, 6) is 0. The molecule has 0 N–H and O–H groups in total. The van der Waals surface area contributed by atoms with E-state index in [1.165, 1.54) is 32.1 Å². The first-order valence-electron chi connectivity index (χ1n) is 9.11. The summed E-state index contributed by atoms with van der Waals surface area (Å²) in [5, 5.41) is 1.67. The molecule has 0 aromatic carbocycles. The van der Waals surface area contributed by atoms with Crippen LogP contribution >= 0.6 is 0 Å². The summed E-state index contributed by atoms with van der Waals surface area (Å²) in [6, 6.07) is 0. The van der Waals surface area contributed by atoms with E-state index in [0.29, 0.717) is 0 Å². The zero-order valence-corrected chi connectivity index (χ0v) is 17.1. The lowest BCUT2D eigenvalue weighted by molar-refractivity contribution is 0.717. The molecule has 0 amide bonds. The largest absolute Gasteiger partial charge is 0.0811 e. The quantitative estimate of drug-likeness (QED) is 0.509. The normalized spacial score (nSPS) is 26.4. The molecule has 0 aromatic heterocycles. The summed E-state index contributed by atoms with van der Waals surface area (Å²) in [7, 11) is -2.51. The van der Waals surface area contributed by atoms with Crippen LogP contribution in [-0.4, -0.2) is 16.1 Å². The fourth-order valence-corrected chi connectivity index (χ4v) is 8.47. The second-order valence-corrected chi connectivity index (χ2v) is 19.1. The molecule has 0 aromatic rings. The van der Waals surface area contributed by atoms with E-state index in [1.807, 2.05) is 0 Å². The number of rotatable bonds is 3. The topological polar surface area (TPSA) is 0 Å². The number of fused-ring (bicyclic) bond motifs is 1. The Morgan fingerprint density at radius 1 is 0.773 bits per heavy atom. The lowest BCUT2D eigenvalue weighted by atomic mass is 10.1. The maximum atomic E-state index is 2.67. The molecule has 3 aliphatic carbocycles. The molecule has 0 spiro atoms. The molecular formula is C20H32Si2. The third kappa shape index (κ3) is 3.05. The third-order valence-corrected chi connectivity index (χ3v) is 12.2. The van der Waals surface area contributed by atoms with Gasteiger partial charge in [0, 0.05) is 0 Å². The Hall–Kier alpha value is -0.606. The molecule has 3 aliphatic rings. The zero-order valence-electron chi connectivity index (χ0n) is 15.1. The SMILES string of the molecule is C[Si](C)(C)C1=CC([Si](C)(C)C2C=C3CCCCCC3=C2)C=C1. The van der Waals surface area contributed by atoms with Gasteiger partial charge in [-0.3, -0.25) is 0 Å². The molecule has 1 atom stereocenters. The van der Waals surface area contributed by atoms with Crippen molar-refractivity contribution in [2.45, 2.75) is 75.9 Å². The first-order valence-corrected chi connectivity index (χ1v) is 15.8. The average Bonchev–Trinajstić information content (AvgIpc) is 3.02. The van der Waals surface area contributed by atoms with E-state index in [9.17, 15) is 0 Å². The molecule has 0 saturated heterocycles. The van der Waals surface area contributed by atoms with Crippen LogP contribution in [-0.2, 0) is 0 Å². The van der Waals surface area contributed by atoms with Crippen LogP contribution < -0.4 is 0 Å². The Morgan fingerprint density at radius 3 is 1.86 bits per heavy atom. The van der Waals surface area contributed by atoms with Crippen molar-refractivity contribution in [2.75, 3.05) is 0 Å². The maximum Gasteiger partial charge on any atom is 0.0771 e. The minimum atomic E-state index is -1.36. The number of hydrogen-bond donors (Lipinski definition) is 0. The van der Waals surface area contributed by atoms with Crippen LogP contribution in [0.4, 0.5) is 0 Å². The van der Waals surface area contributed by atoms with E-state index in [0.717, 1.165) is 11.1 Å². The molecule has 1 saturated carbocycles. The number of hydrogen-bond acceptors (Lipinski definition) is 0. The van der Waals surface area contributed by atoms with Crippen LogP contribution in [0.15, 0.2) is 46.7 Å². The van der Waals surface area contributed by atoms with Crippen molar-refractivity contribution in [3.63, 3.8) is 0 Å². The molecule has 22 heavy (non-hydrogen) atoms. The molecule has 1 fully saturated rings. The van der Waals surface area contributed by atoms with E-state index in [1.54, 1.807) is 16.3 Å². The Bertz CT molecular complexity index is 545. The lowest BCUT2D eigenvalue weighted by Crippen LogP contribution is -2.34. The van der Waals surface area contributed by atoms with Crippen LogP contribution in [0.3, 0.4) is 0 Å². The molecule has 0 heterocycles. The molecule has 120 valence electrons. The van der Waals surface area contributed by atoms with Crippen molar-refractivity contribution in [3.8, 4) is 0 Å². The van der Waals surface area contributed by atoms with E-state index in [2.05, 4.69) is 63.1 Å². The van der Waals surface area contributed by atoms with Gasteiger partial charge < -0.3 is 0 Å². The van der Waals surface area contributed by atoms with Crippen LogP contribution in [0.2, 0.25) is 43.8 Å². The fourth-order valence-electron chi connectivity index (χ4n) is 4.12. The lowest BCUT2D eigenvalue weighted by Gasteiger charge is -2.32. The Morgan fingerprint density at radius 2 is 1.36 bits per heavy atom. The van der Waals surface area contributed by atoms with Crippen molar-refractivity contribution in [1.29, 1.82) is 0 Å². The third-order valence-electron chi connectivity index (χ3n) is 5.99. The van der Waals surface area contributed by atoms with E-state index in [-0.39, 0.29) is 0 Å². The highest BCUT2D eigenvalue weighted by atomic mass is 28.3. The predicted molar refractivity (Wildman–Crippen MR) is 105 cm³/mol. The van der Waals surface area contributed by atoms with Gasteiger partial charge in [0.2, 0.25) is 0 Å². The summed E-state index contributed by atoms with van der Waals surface area (Å²) >= 11 is 0. The Balaban J connectivity index is 1.82.